The van der Waals surface area contributed by atoms with Crippen molar-refractivity contribution in [2.75, 3.05) is 6.54 Å². The molecule has 3 heteroatoms. The topological polar surface area (TPSA) is 45.1 Å². The Kier molecular flexibility index (Phi) is 4.24. The van der Waals surface area contributed by atoms with Gasteiger partial charge < -0.3 is 10.4 Å². The summed E-state index contributed by atoms with van der Waals surface area (Å²) in [5.41, 5.74) is 0.568. The van der Waals surface area contributed by atoms with Crippen LogP contribution in [0.2, 0.25) is 0 Å². The molecule has 2 unspecified atom stereocenters. The summed E-state index contributed by atoms with van der Waals surface area (Å²) < 4.78 is 0. The third-order valence-electron chi connectivity index (χ3n) is 2.76. The Morgan fingerprint density at radius 2 is 2.07 bits per heavy atom. The highest BCUT2D eigenvalue weighted by molar-refractivity contribution is 5.13. The molecule has 1 aromatic heterocycles. The summed E-state index contributed by atoms with van der Waals surface area (Å²) in [4.78, 5) is 3.98. The summed E-state index contributed by atoms with van der Waals surface area (Å²) in [6, 6.07) is 4.21. The van der Waals surface area contributed by atoms with Gasteiger partial charge in [0.15, 0.2) is 0 Å². The molecule has 0 amide bonds. The molecule has 0 bridgehead atoms. The molecule has 0 saturated heterocycles. The molecule has 2 N–H and O–H groups in total. The number of aliphatic hydroxyl groups is 1. The first-order chi connectivity index (χ1) is 7.05. The molecule has 0 aromatic carbocycles. The van der Waals surface area contributed by atoms with Gasteiger partial charge in [0, 0.05) is 25.0 Å². The van der Waals surface area contributed by atoms with E-state index in [1.807, 2.05) is 26.0 Å². The van der Waals surface area contributed by atoms with Crippen LogP contribution in [0.4, 0.5) is 0 Å². The average Bonchev–Trinajstić information content (AvgIpc) is 2.27. The second-order valence-electron chi connectivity index (χ2n) is 4.23. The van der Waals surface area contributed by atoms with E-state index in [0.717, 1.165) is 6.42 Å². The Hall–Kier alpha value is -0.930. The first kappa shape index (κ1) is 12.1. The van der Waals surface area contributed by atoms with Crippen LogP contribution in [0, 0.1) is 0 Å². The van der Waals surface area contributed by atoms with Crippen molar-refractivity contribution in [1.82, 2.24) is 10.3 Å². The quantitative estimate of drug-likeness (QED) is 0.776. The van der Waals surface area contributed by atoms with Crippen LogP contribution in [0.1, 0.15) is 38.8 Å². The van der Waals surface area contributed by atoms with Gasteiger partial charge >= 0.3 is 0 Å². The molecule has 1 rings (SSSR count). The van der Waals surface area contributed by atoms with Crippen LogP contribution >= 0.6 is 0 Å². The number of pyridine rings is 1. The lowest BCUT2D eigenvalue weighted by atomic mass is 10.0. The van der Waals surface area contributed by atoms with Crippen LogP contribution in [0.15, 0.2) is 24.5 Å². The van der Waals surface area contributed by atoms with Crippen LogP contribution in [-0.4, -0.2) is 22.2 Å². The molecular weight excluding hydrogens is 188 g/mol. The number of aromatic nitrogens is 1. The number of hydrogen-bond donors (Lipinski definition) is 2. The molecule has 15 heavy (non-hydrogen) atoms. The van der Waals surface area contributed by atoms with Crippen molar-refractivity contribution >= 4 is 0 Å². The third kappa shape index (κ3) is 3.98. The van der Waals surface area contributed by atoms with Crippen molar-refractivity contribution in [2.24, 2.45) is 0 Å². The van der Waals surface area contributed by atoms with Gasteiger partial charge in [-0.05, 0) is 38.0 Å². The first-order valence-electron chi connectivity index (χ1n) is 5.41. The molecule has 0 spiro atoms. The number of nitrogens with one attached hydrogen (secondary N) is 1. The highest BCUT2D eigenvalue weighted by atomic mass is 16.3. The van der Waals surface area contributed by atoms with E-state index in [4.69, 9.17) is 0 Å². The summed E-state index contributed by atoms with van der Waals surface area (Å²) in [6.07, 6.45) is 4.32. The van der Waals surface area contributed by atoms with E-state index in [-0.39, 0.29) is 6.04 Å². The minimum atomic E-state index is -0.624. The largest absolute Gasteiger partial charge is 0.389 e. The molecule has 0 radical (unpaired) electrons. The van der Waals surface area contributed by atoms with Gasteiger partial charge in [-0.15, -0.1) is 0 Å². The van der Waals surface area contributed by atoms with Gasteiger partial charge in [0.05, 0.1) is 5.60 Å². The SMILES string of the molecule is CCC(C)(O)CNC(C)c1ccncc1. The second kappa shape index (κ2) is 5.24. The highest BCUT2D eigenvalue weighted by Crippen LogP contribution is 2.13. The van der Waals surface area contributed by atoms with Crippen molar-refractivity contribution < 1.29 is 5.11 Å². The van der Waals surface area contributed by atoms with E-state index in [9.17, 15) is 5.11 Å². The fourth-order valence-corrected chi connectivity index (χ4v) is 1.27. The minimum Gasteiger partial charge on any atom is -0.389 e. The van der Waals surface area contributed by atoms with Gasteiger partial charge in [-0.2, -0.15) is 0 Å². The Labute approximate surface area is 91.5 Å². The van der Waals surface area contributed by atoms with Crippen LogP contribution in [-0.2, 0) is 0 Å². The molecule has 0 saturated carbocycles. The maximum absolute atomic E-state index is 9.84. The number of rotatable bonds is 5. The Bertz CT molecular complexity index is 285. The van der Waals surface area contributed by atoms with Gasteiger partial charge in [-0.3, -0.25) is 4.98 Å². The van der Waals surface area contributed by atoms with E-state index in [1.165, 1.54) is 5.56 Å². The molecule has 1 aromatic rings. The molecule has 84 valence electrons. The normalized spacial score (nSPS) is 17.1. The van der Waals surface area contributed by atoms with Gasteiger partial charge in [0.1, 0.15) is 0 Å². The van der Waals surface area contributed by atoms with E-state index < -0.39 is 5.60 Å². The van der Waals surface area contributed by atoms with Crippen LogP contribution < -0.4 is 5.32 Å². The van der Waals surface area contributed by atoms with Gasteiger partial charge in [0.25, 0.3) is 0 Å². The molecule has 2 atom stereocenters. The monoisotopic (exact) mass is 208 g/mol. The van der Waals surface area contributed by atoms with E-state index in [2.05, 4.69) is 17.2 Å². The molecule has 0 fully saturated rings. The van der Waals surface area contributed by atoms with E-state index in [1.54, 1.807) is 12.4 Å². The van der Waals surface area contributed by atoms with Crippen molar-refractivity contribution in [3.8, 4) is 0 Å². The molecule has 0 aliphatic carbocycles. The zero-order valence-electron chi connectivity index (χ0n) is 9.70. The van der Waals surface area contributed by atoms with Gasteiger partial charge in [-0.1, -0.05) is 6.92 Å². The van der Waals surface area contributed by atoms with Crippen molar-refractivity contribution in [2.45, 2.75) is 38.8 Å². The van der Waals surface area contributed by atoms with E-state index >= 15 is 0 Å². The van der Waals surface area contributed by atoms with Crippen LogP contribution in [0.25, 0.3) is 0 Å². The average molecular weight is 208 g/mol. The second-order valence-corrected chi connectivity index (χ2v) is 4.23. The fourth-order valence-electron chi connectivity index (χ4n) is 1.27. The standard InChI is InChI=1S/C12H20N2O/c1-4-12(3,15)9-14-10(2)11-5-7-13-8-6-11/h5-8,10,14-15H,4,9H2,1-3H3. The maximum Gasteiger partial charge on any atom is 0.0741 e. The van der Waals surface area contributed by atoms with Crippen LogP contribution in [0.3, 0.4) is 0 Å². The third-order valence-corrected chi connectivity index (χ3v) is 2.76. The lowest BCUT2D eigenvalue weighted by Crippen LogP contribution is -2.38. The summed E-state index contributed by atoms with van der Waals surface area (Å²) in [7, 11) is 0. The smallest absolute Gasteiger partial charge is 0.0741 e. The molecular formula is C12H20N2O. The van der Waals surface area contributed by atoms with Crippen molar-refractivity contribution in [3.63, 3.8) is 0 Å². The Morgan fingerprint density at radius 1 is 1.47 bits per heavy atom. The summed E-state index contributed by atoms with van der Waals surface area (Å²) >= 11 is 0. The predicted octanol–water partition coefficient (Wildman–Crippen LogP) is 1.89. The molecule has 0 aliphatic rings. The number of hydrogen-bond acceptors (Lipinski definition) is 3. The minimum absolute atomic E-state index is 0.242. The highest BCUT2D eigenvalue weighted by Gasteiger charge is 2.18. The molecule has 0 aliphatic heterocycles. The Morgan fingerprint density at radius 3 is 2.60 bits per heavy atom. The predicted molar refractivity (Wildman–Crippen MR) is 61.6 cm³/mol. The van der Waals surface area contributed by atoms with Gasteiger partial charge in [-0.25, -0.2) is 0 Å². The number of nitrogens with zero attached hydrogens (tertiary/aromatic N) is 1. The fraction of sp³-hybridized carbons (Fsp3) is 0.583. The lowest BCUT2D eigenvalue weighted by molar-refractivity contribution is 0.0533. The molecule has 1 heterocycles. The lowest BCUT2D eigenvalue weighted by Gasteiger charge is -2.24. The van der Waals surface area contributed by atoms with Crippen molar-refractivity contribution in [1.29, 1.82) is 0 Å². The Balaban J connectivity index is 2.47. The molecule has 3 nitrogen and oxygen atoms in total. The summed E-state index contributed by atoms with van der Waals surface area (Å²) in [5.74, 6) is 0. The maximum atomic E-state index is 9.84. The van der Waals surface area contributed by atoms with Crippen LogP contribution in [0.5, 0.6) is 0 Å². The summed E-state index contributed by atoms with van der Waals surface area (Å²) in [6.45, 7) is 6.52. The zero-order valence-corrected chi connectivity index (χ0v) is 9.70. The van der Waals surface area contributed by atoms with E-state index in [0.29, 0.717) is 6.54 Å². The van der Waals surface area contributed by atoms with Crippen molar-refractivity contribution in [3.05, 3.63) is 30.1 Å². The first-order valence-corrected chi connectivity index (χ1v) is 5.41. The zero-order chi connectivity index (χ0) is 11.3. The van der Waals surface area contributed by atoms with Gasteiger partial charge in [0.2, 0.25) is 0 Å². The summed E-state index contributed by atoms with van der Waals surface area (Å²) in [5, 5.41) is 13.2.